The Labute approximate surface area is 82.9 Å². The molecule has 7 heteroatoms. The number of alkyl halides is 2. The molecule has 3 N–H and O–H groups in total. The number of aromatic nitrogens is 1. The summed E-state index contributed by atoms with van der Waals surface area (Å²) < 4.78 is 29.2. The van der Waals surface area contributed by atoms with Gasteiger partial charge in [0.15, 0.2) is 0 Å². The van der Waals surface area contributed by atoms with Gasteiger partial charge in [-0.2, -0.15) is 0 Å². The lowest BCUT2D eigenvalue weighted by Crippen LogP contribution is -2.18. The smallest absolute Gasteiger partial charge is 0.342 e. The molecule has 0 aliphatic rings. The van der Waals surface area contributed by atoms with Gasteiger partial charge in [0, 0.05) is 11.6 Å². The normalized spacial score (nSPS) is 10.4. The maximum absolute atomic E-state index is 12.5. The molecule has 0 spiro atoms. The number of halogens is 2. The zero-order chi connectivity index (χ0) is 11.6. The van der Waals surface area contributed by atoms with Crippen molar-refractivity contribution in [3.05, 3.63) is 27.5 Å². The first-order chi connectivity index (χ1) is 6.97. The summed E-state index contributed by atoms with van der Waals surface area (Å²) in [6.45, 7) is 0. The van der Waals surface area contributed by atoms with Crippen LogP contribution in [0.4, 0.5) is 14.6 Å². The molecule has 0 aromatic carbocycles. The van der Waals surface area contributed by atoms with Crippen molar-refractivity contribution in [3.8, 4) is 0 Å². The predicted octanol–water partition coefficient (Wildman–Crippen LogP) is 0.681. The minimum absolute atomic E-state index is 0.426. The van der Waals surface area contributed by atoms with E-state index in [2.05, 4.69) is 4.74 Å². The number of hydrogen-bond donors (Lipinski definition) is 2. The van der Waals surface area contributed by atoms with E-state index in [4.69, 9.17) is 5.73 Å². The molecule has 5 nitrogen and oxygen atoms in total. The number of hydrogen-bond acceptors (Lipinski definition) is 4. The van der Waals surface area contributed by atoms with Crippen molar-refractivity contribution in [2.75, 3.05) is 12.8 Å². The first kappa shape index (κ1) is 11.2. The first-order valence-corrected chi connectivity index (χ1v) is 3.86. The number of pyridine rings is 1. The van der Waals surface area contributed by atoms with E-state index < -0.39 is 34.9 Å². The van der Waals surface area contributed by atoms with Crippen LogP contribution in [-0.4, -0.2) is 18.1 Å². The van der Waals surface area contributed by atoms with Crippen LogP contribution in [0.25, 0.3) is 0 Å². The number of methoxy groups -OCH3 is 1. The van der Waals surface area contributed by atoms with Crippen molar-refractivity contribution in [1.82, 2.24) is 4.98 Å². The molecule has 0 unspecified atom stereocenters. The Hall–Kier alpha value is -1.92. The maximum atomic E-state index is 12.5. The monoisotopic (exact) mass is 218 g/mol. The van der Waals surface area contributed by atoms with Crippen LogP contribution >= 0.6 is 0 Å². The van der Waals surface area contributed by atoms with Crippen molar-refractivity contribution in [3.63, 3.8) is 0 Å². The number of carbonyl (C=O) groups is 1. The average molecular weight is 218 g/mol. The molecular formula is C8H8F2N2O3. The van der Waals surface area contributed by atoms with E-state index in [1.807, 2.05) is 4.98 Å². The van der Waals surface area contributed by atoms with E-state index in [1.54, 1.807) is 0 Å². The Morgan fingerprint density at radius 1 is 1.60 bits per heavy atom. The van der Waals surface area contributed by atoms with Crippen LogP contribution < -0.4 is 11.3 Å². The van der Waals surface area contributed by atoms with E-state index in [9.17, 15) is 18.4 Å². The summed E-state index contributed by atoms with van der Waals surface area (Å²) in [6.07, 6.45) is -2.97. The zero-order valence-corrected chi connectivity index (χ0v) is 7.71. The number of nitrogen functional groups attached to an aromatic ring is 1. The largest absolute Gasteiger partial charge is 0.465 e. The van der Waals surface area contributed by atoms with Gasteiger partial charge in [-0.15, -0.1) is 0 Å². The molecular weight excluding hydrogens is 210 g/mol. The third-order valence-corrected chi connectivity index (χ3v) is 1.73. The Morgan fingerprint density at radius 2 is 2.20 bits per heavy atom. The molecule has 0 amide bonds. The van der Waals surface area contributed by atoms with Gasteiger partial charge in [-0.05, 0) is 0 Å². The number of carbonyl (C=O) groups excluding carboxylic acids is 1. The number of nitrogens with two attached hydrogens (primary N) is 1. The van der Waals surface area contributed by atoms with Gasteiger partial charge in [0.25, 0.3) is 6.43 Å². The molecule has 0 aliphatic heterocycles. The molecule has 0 saturated carbocycles. The highest BCUT2D eigenvalue weighted by molar-refractivity contribution is 5.95. The van der Waals surface area contributed by atoms with Crippen LogP contribution in [0.2, 0.25) is 0 Å². The van der Waals surface area contributed by atoms with Gasteiger partial charge >= 0.3 is 5.97 Å². The lowest BCUT2D eigenvalue weighted by molar-refractivity contribution is 0.0590. The van der Waals surface area contributed by atoms with E-state index in [1.165, 1.54) is 0 Å². The van der Waals surface area contributed by atoms with Gasteiger partial charge in [0.2, 0.25) is 5.56 Å². The molecule has 1 heterocycles. The van der Waals surface area contributed by atoms with Crippen molar-refractivity contribution in [2.45, 2.75) is 6.43 Å². The van der Waals surface area contributed by atoms with Gasteiger partial charge in [0.05, 0.1) is 7.11 Å². The van der Waals surface area contributed by atoms with Crippen molar-refractivity contribution in [1.29, 1.82) is 0 Å². The molecule has 0 atom stereocenters. The third kappa shape index (κ3) is 2.12. The molecule has 0 fully saturated rings. The Kier molecular flexibility index (Phi) is 3.03. The fraction of sp³-hybridized carbons (Fsp3) is 0.250. The number of H-pyrrole nitrogens is 1. The number of aromatic amines is 1. The Balaban J connectivity index is 3.47. The third-order valence-electron chi connectivity index (χ3n) is 1.73. The molecule has 1 aromatic rings. The number of anilines is 1. The van der Waals surface area contributed by atoms with Gasteiger partial charge in [-0.1, -0.05) is 0 Å². The van der Waals surface area contributed by atoms with Gasteiger partial charge in [-0.25, -0.2) is 13.6 Å². The molecule has 0 radical (unpaired) electrons. The lowest BCUT2D eigenvalue weighted by Gasteiger charge is -2.08. The quantitative estimate of drug-likeness (QED) is 0.715. The first-order valence-electron chi connectivity index (χ1n) is 3.86. The summed E-state index contributed by atoms with van der Waals surface area (Å²) in [5, 5.41) is 0. The summed E-state index contributed by atoms with van der Waals surface area (Å²) in [4.78, 5) is 24.0. The van der Waals surface area contributed by atoms with Crippen LogP contribution in [0.3, 0.4) is 0 Å². The second-order valence-electron chi connectivity index (χ2n) is 2.67. The van der Waals surface area contributed by atoms with Crippen LogP contribution in [0.1, 0.15) is 22.3 Å². The Morgan fingerprint density at radius 3 is 2.67 bits per heavy atom. The topological polar surface area (TPSA) is 85.2 Å². The van der Waals surface area contributed by atoms with Crippen LogP contribution in [0.5, 0.6) is 0 Å². The predicted molar refractivity (Wildman–Crippen MR) is 47.8 cm³/mol. The fourth-order valence-corrected chi connectivity index (χ4v) is 1.10. The molecule has 1 aromatic heterocycles. The van der Waals surface area contributed by atoms with Crippen LogP contribution in [-0.2, 0) is 4.74 Å². The number of esters is 1. The van der Waals surface area contributed by atoms with Crippen molar-refractivity contribution >= 4 is 11.8 Å². The highest BCUT2D eigenvalue weighted by Gasteiger charge is 2.22. The summed E-state index contributed by atoms with van der Waals surface area (Å²) in [6, 6.07) is 0.618. The minimum atomic E-state index is -2.97. The van der Waals surface area contributed by atoms with Crippen molar-refractivity contribution < 1.29 is 18.3 Å². The van der Waals surface area contributed by atoms with E-state index in [0.717, 1.165) is 7.11 Å². The van der Waals surface area contributed by atoms with E-state index in [0.29, 0.717) is 6.07 Å². The number of nitrogens with one attached hydrogen (secondary N) is 1. The second-order valence-corrected chi connectivity index (χ2v) is 2.67. The van der Waals surface area contributed by atoms with Gasteiger partial charge in [-0.3, -0.25) is 4.79 Å². The Bertz CT molecular complexity index is 442. The highest BCUT2D eigenvalue weighted by Crippen LogP contribution is 2.24. The van der Waals surface area contributed by atoms with Crippen LogP contribution in [0.15, 0.2) is 10.9 Å². The second kappa shape index (κ2) is 4.07. The van der Waals surface area contributed by atoms with Crippen molar-refractivity contribution in [2.24, 2.45) is 0 Å². The summed E-state index contributed by atoms with van der Waals surface area (Å²) in [7, 11) is 1.03. The standard InChI is InChI=1S/C8H8F2N2O3/c1-15-8(14)5-3(6(9)10)2-4(13)12-7(5)11/h2,6H,1H3,(H3,11,12,13). The summed E-state index contributed by atoms with van der Waals surface area (Å²) in [5.74, 6) is -1.44. The maximum Gasteiger partial charge on any atom is 0.342 e. The molecule has 0 aliphatic carbocycles. The molecule has 1 rings (SSSR count). The minimum Gasteiger partial charge on any atom is -0.465 e. The van der Waals surface area contributed by atoms with Crippen LogP contribution in [0, 0.1) is 0 Å². The molecule has 15 heavy (non-hydrogen) atoms. The molecule has 0 bridgehead atoms. The molecule has 82 valence electrons. The fourth-order valence-electron chi connectivity index (χ4n) is 1.10. The summed E-state index contributed by atoms with van der Waals surface area (Å²) in [5.41, 5.74) is 3.21. The molecule has 0 saturated heterocycles. The van der Waals surface area contributed by atoms with Gasteiger partial charge in [0.1, 0.15) is 11.4 Å². The highest BCUT2D eigenvalue weighted by atomic mass is 19.3. The SMILES string of the molecule is COC(=O)c1c(C(F)F)cc(=O)[nH]c1N. The lowest BCUT2D eigenvalue weighted by atomic mass is 10.1. The average Bonchev–Trinajstić information content (AvgIpc) is 2.15. The number of rotatable bonds is 2. The van der Waals surface area contributed by atoms with E-state index >= 15 is 0 Å². The van der Waals surface area contributed by atoms with E-state index in [-0.39, 0.29) is 0 Å². The summed E-state index contributed by atoms with van der Waals surface area (Å²) >= 11 is 0. The van der Waals surface area contributed by atoms with Gasteiger partial charge < -0.3 is 15.5 Å². The zero-order valence-electron chi connectivity index (χ0n) is 7.71. The number of ether oxygens (including phenoxy) is 1.